The number of amides is 1. The lowest BCUT2D eigenvalue weighted by molar-refractivity contribution is 0.0435. The van der Waals surface area contributed by atoms with E-state index in [1.165, 1.54) is 23.5 Å². The van der Waals surface area contributed by atoms with Crippen molar-refractivity contribution in [3.05, 3.63) is 52.3 Å². The average Bonchev–Trinajstić information content (AvgIpc) is 3.50. The summed E-state index contributed by atoms with van der Waals surface area (Å²) in [6.07, 6.45) is 2.67. The number of carbonyl (C=O) groups excluding carboxylic acids is 1. The number of aromatic nitrogens is 2. The third kappa shape index (κ3) is 4.37. The standard InChI is InChI=1S/C23H27FN4O2S/c1-16-20-13-21(31-23(20)28(25-16)14-17-4-6-18(24)7-5-17)22(29)27-10-8-26(9-11-27)15-19-3-2-12-30-19/h4-7,13,19H,2-3,8-12,14-15H2,1H3. The van der Waals surface area contributed by atoms with Crippen molar-refractivity contribution in [2.45, 2.75) is 32.4 Å². The van der Waals surface area contributed by atoms with Crippen molar-refractivity contribution in [1.29, 1.82) is 0 Å². The highest BCUT2D eigenvalue weighted by Gasteiger charge is 2.27. The fourth-order valence-corrected chi connectivity index (χ4v) is 5.58. The molecule has 6 nitrogen and oxygen atoms in total. The highest BCUT2D eigenvalue weighted by Crippen LogP contribution is 2.30. The Morgan fingerprint density at radius 1 is 1.23 bits per heavy atom. The Kier molecular flexibility index (Phi) is 5.77. The van der Waals surface area contributed by atoms with Gasteiger partial charge in [0.15, 0.2) is 0 Å². The van der Waals surface area contributed by atoms with Gasteiger partial charge in [-0.05, 0) is 43.5 Å². The minimum absolute atomic E-state index is 0.102. The number of aryl methyl sites for hydroxylation is 1. The number of thiophene rings is 1. The number of carbonyl (C=O) groups is 1. The van der Waals surface area contributed by atoms with Crippen LogP contribution in [0.3, 0.4) is 0 Å². The van der Waals surface area contributed by atoms with Gasteiger partial charge in [-0.1, -0.05) is 12.1 Å². The molecule has 0 N–H and O–H groups in total. The lowest BCUT2D eigenvalue weighted by Gasteiger charge is -2.35. The summed E-state index contributed by atoms with van der Waals surface area (Å²) in [5, 5.41) is 5.65. The molecule has 1 atom stereocenters. The highest BCUT2D eigenvalue weighted by molar-refractivity contribution is 7.20. The van der Waals surface area contributed by atoms with Crippen LogP contribution in [0.15, 0.2) is 30.3 Å². The Morgan fingerprint density at radius 3 is 2.71 bits per heavy atom. The molecule has 5 rings (SSSR count). The van der Waals surface area contributed by atoms with Crippen LogP contribution in [0, 0.1) is 12.7 Å². The van der Waals surface area contributed by atoms with Gasteiger partial charge in [-0.3, -0.25) is 14.4 Å². The normalized spacial score (nSPS) is 20.1. The summed E-state index contributed by atoms with van der Waals surface area (Å²) < 4.78 is 20.9. The minimum Gasteiger partial charge on any atom is -0.377 e. The first-order chi connectivity index (χ1) is 15.1. The quantitative estimate of drug-likeness (QED) is 0.607. The second-order valence-electron chi connectivity index (χ2n) is 8.43. The fourth-order valence-electron chi connectivity index (χ4n) is 4.45. The van der Waals surface area contributed by atoms with Crippen LogP contribution in [0.5, 0.6) is 0 Å². The Balaban J connectivity index is 1.27. The maximum Gasteiger partial charge on any atom is 0.264 e. The van der Waals surface area contributed by atoms with E-state index >= 15 is 0 Å². The smallest absolute Gasteiger partial charge is 0.264 e. The van der Waals surface area contributed by atoms with E-state index in [0.717, 1.165) is 78.5 Å². The van der Waals surface area contributed by atoms with Crippen molar-refractivity contribution >= 4 is 27.5 Å². The van der Waals surface area contributed by atoms with Crippen LogP contribution in [-0.2, 0) is 11.3 Å². The summed E-state index contributed by atoms with van der Waals surface area (Å²) in [4.78, 5) is 19.3. The Bertz CT molecular complexity index is 1060. The van der Waals surface area contributed by atoms with Gasteiger partial charge < -0.3 is 9.64 Å². The zero-order chi connectivity index (χ0) is 21.4. The van der Waals surface area contributed by atoms with Gasteiger partial charge in [0, 0.05) is 44.7 Å². The Morgan fingerprint density at radius 2 is 2.00 bits per heavy atom. The molecule has 0 saturated carbocycles. The fraction of sp³-hybridized carbons (Fsp3) is 0.478. The van der Waals surface area contributed by atoms with E-state index in [0.29, 0.717) is 12.6 Å². The molecular formula is C23H27FN4O2S. The number of piperazine rings is 1. The molecule has 0 aliphatic carbocycles. The average molecular weight is 443 g/mol. The van der Waals surface area contributed by atoms with Gasteiger partial charge in [0.25, 0.3) is 5.91 Å². The van der Waals surface area contributed by atoms with Crippen LogP contribution in [-0.4, -0.2) is 70.9 Å². The number of nitrogens with zero attached hydrogens (tertiary/aromatic N) is 4. The van der Waals surface area contributed by atoms with Crippen LogP contribution in [0.2, 0.25) is 0 Å². The SMILES string of the molecule is Cc1nn(Cc2ccc(F)cc2)c2sc(C(=O)N3CCN(CC4CCCO4)CC3)cc12. The van der Waals surface area contributed by atoms with Gasteiger partial charge in [-0.15, -0.1) is 11.3 Å². The molecule has 1 amide bonds. The molecule has 1 aromatic carbocycles. The van der Waals surface area contributed by atoms with E-state index in [1.807, 2.05) is 22.6 Å². The predicted octanol–water partition coefficient (Wildman–Crippen LogP) is 3.53. The van der Waals surface area contributed by atoms with Crippen LogP contribution in [0.4, 0.5) is 4.39 Å². The summed E-state index contributed by atoms with van der Waals surface area (Å²) in [5.74, 6) is -0.142. The minimum atomic E-state index is -0.245. The van der Waals surface area contributed by atoms with Crippen molar-refractivity contribution in [1.82, 2.24) is 19.6 Å². The maximum atomic E-state index is 13.2. The topological polar surface area (TPSA) is 50.6 Å². The van der Waals surface area contributed by atoms with Gasteiger partial charge in [-0.25, -0.2) is 4.39 Å². The lowest BCUT2D eigenvalue weighted by Crippen LogP contribution is -2.50. The van der Waals surface area contributed by atoms with Gasteiger partial charge in [0.2, 0.25) is 0 Å². The molecule has 2 fully saturated rings. The summed E-state index contributed by atoms with van der Waals surface area (Å²) in [5.41, 5.74) is 1.89. The van der Waals surface area contributed by atoms with Gasteiger partial charge in [0.1, 0.15) is 10.6 Å². The molecule has 2 aliphatic rings. The van der Waals surface area contributed by atoms with Crippen molar-refractivity contribution in [3.63, 3.8) is 0 Å². The number of hydrogen-bond donors (Lipinski definition) is 0. The van der Waals surface area contributed by atoms with E-state index in [1.54, 1.807) is 12.1 Å². The summed E-state index contributed by atoms with van der Waals surface area (Å²) in [6, 6.07) is 8.45. The van der Waals surface area contributed by atoms with Crippen LogP contribution >= 0.6 is 11.3 Å². The van der Waals surface area contributed by atoms with E-state index in [-0.39, 0.29) is 11.7 Å². The number of halogens is 1. The van der Waals surface area contributed by atoms with Crippen molar-refractivity contribution in [2.75, 3.05) is 39.3 Å². The zero-order valence-electron chi connectivity index (χ0n) is 17.7. The van der Waals surface area contributed by atoms with Crippen molar-refractivity contribution in [3.8, 4) is 0 Å². The third-order valence-electron chi connectivity index (χ3n) is 6.21. The van der Waals surface area contributed by atoms with Crippen LogP contribution < -0.4 is 0 Å². The monoisotopic (exact) mass is 442 g/mol. The molecule has 8 heteroatoms. The van der Waals surface area contributed by atoms with Gasteiger partial charge >= 0.3 is 0 Å². The highest BCUT2D eigenvalue weighted by atomic mass is 32.1. The molecule has 0 radical (unpaired) electrons. The number of rotatable bonds is 5. The first kappa shape index (κ1) is 20.6. The molecule has 3 aromatic rings. The van der Waals surface area contributed by atoms with E-state index < -0.39 is 0 Å². The number of fused-ring (bicyclic) bond motifs is 1. The number of benzene rings is 1. The summed E-state index contributed by atoms with van der Waals surface area (Å²) in [7, 11) is 0. The van der Waals surface area contributed by atoms with Crippen molar-refractivity contribution in [2.24, 2.45) is 0 Å². The molecule has 164 valence electrons. The number of hydrogen-bond acceptors (Lipinski definition) is 5. The molecule has 2 aromatic heterocycles. The first-order valence-electron chi connectivity index (χ1n) is 10.9. The molecule has 31 heavy (non-hydrogen) atoms. The molecule has 4 heterocycles. The molecule has 1 unspecified atom stereocenters. The molecule has 0 bridgehead atoms. The van der Waals surface area contributed by atoms with E-state index in [9.17, 15) is 9.18 Å². The molecule has 2 aliphatic heterocycles. The molecule has 0 spiro atoms. The number of ether oxygens (including phenoxy) is 1. The van der Waals surface area contributed by atoms with Gasteiger partial charge in [0.05, 0.1) is 23.2 Å². The Hall–Kier alpha value is -2.29. The van der Waals surface area contributed by atoms with Crippen molar-refractivity contribution < 1.29 is 13.9 Å². The maximum absolute atomic E-state index is 13.2. The molecule has 2 saturated heterocycles. The van der Waals surface area contributed by atoms with Crippen LogP contribution in [0.25, 0.3) is 10.2 Å². The lowest BCUT2D eigenvalue weighted by atomic mass is 10.2. The second-order valence-corrected chi connectivity index (χ2v) is 9.46. The zero-order valence-corrected chi connectivity index (χ0v) is 18.5. The molecular weight excluding hydrogens is 415 g/mol. The second kappa shape index (κ2) is 8.68. The van der Waals surface area contributed by atoms with E-state index in [2.05, 4.69) is 10.00 Å². The summed E-state index contributed by atoms with van der Waals surface area (Å²) in [6.45, 7) is 7.67. The van der Waals surface area contributed by atoms with Gasteiger partial charge in [-0.2, -0.15) is 5.10 Å². The van der Waals surface area contributed by atoms with Crippen LogP contribution in [0.1, 0.15) is 33.8 Å². The largest absolute Gasteiger partial charge is 0.377 e. The predicted molar refractivity (Wildman–Crippen MR) is 119 cm³/mol. The van der Waals surface area contributed by atoms with E-state index in [4.69, 9.17) is 4.74 Å². The summed E-state index contributed by atoms with van der Waals surface area (Å²) >= 11 is 1.50. The Labute approximate surface area is 185 Å². The third-order valence-corrected chi connectivity index (χ3v) is 7.35. The first-order valence-corrected chi connectivity index (χ1v) is 11.7.